The molecule has 1 aromatic carbocycles. The summed E-state index contributed by atoms with van der Waals surface area (Å²) in [6.07, 6.45) is 0.924. The lowest BCUT2D eigenvalue weighted by Gasteiger charge is -2.04. The first-order valence-electron chi connectivity index (χ1n) is 6.05. The van der Waals surface area contributed by atoms with E-state index in [9.17, 15) is 9.18 Å². The highest BCUT2D eigenvalue weighted by Gasteiger charge is 2.04. The van der Waals surface area contributed by atoms with Crippen LogP contribution in [0.15, 0.2) is 29.6 Å². The Balaban J connectivity index is 1.76. The van der Waals surface area contributed by atoms with Crippen molar-refractivity contribution >= 4 is 17.2 Å². The average molecular weight is 278 g/mol. The number of halogens is 1. The van der Waals surface area contributed by atoms with Crippen molar-refractivity contribution in [1.29, 1.82) is 0 Å². The van der Waals surface area contributed by atoms with Crippen LogP contribution in [0, 0.1) is 12.7 Å². The summed E-state index contributed by atoms with van der Waals surface area (Å²) in [6, 6.07) is 6.10. The molecule has 100 valence electrons. The van der Waals surface area contributed by atoms with Gasteiger partial charge < -0.3 is 5.32 Å². The Hall–Kier alpha value is -1.75. The molecular formula is C14H15FN2OS. The van der Waals surface area contributed by atoms with Crippen LogP contribution < -0.4 is 5.32 Å². The summed E-state index contributed by atoms with van der Waals surface area (Å²) in [5.41, 5.74) is 1.68. The molecule has 1 N–H and O–H groups in total. The number of nitrogens with zero attached hydrogens (tertiary/aromatic N) is 1. The summed E-state index contributed by atoms with van der Waals surface area (Å²) in [7, 11) is 0. The summed E-state index contributed by atoms with van der Waals surface area (Å²) in [5.74, 6) is -0.416. The van der Waals surface area contributed by atoms with Crippen LogP contribution in [0.4, 0.5) is 4.39 Å². The molecule has 0 bridgehead atoms. The van der Waals surface area contributed by atoms with Crippen molar-refractivity contribution in [3.8, 4) is 0 Å². The van der Waals surface area contributed by atoms with Crippen molar-refractivity contribution in [2.45, 2.75) is 19.8 Å². The molecule has 0 radical (unpaired) electrons. The highest BCUT2D eigenvalue weighted by atomic mass is 32.1. The van der Waals surface area contributed by atoms with Gasteiger partial charge in [-0.25, -0.2) is 9.37 Å². The van der Waals surface area contributed by atoms with Crippen molar-refractivity contribution in [3.05, 3.63) is 51.7 Å². The predicted molar refractivity (Wildman–Crippen MR) is 73.7 cm³/mol. The summed E-state index contributed by atoms with van der Waals surface area (Å²) >= 11 is 1.60. The van der Waals surface area contributed by atoms with Gasteiger partial charge in [0.2, 0.25) is 5.91 Å². The Bertz CT molecular complexity index is 568. The van der Waals surface area contributed by atoms with E-state index in [0.29, 0.717) is 12.1 Å². The molecule has 0 fully saturated rings. The molecule has 0 aliphatic carbocycles. The van der Waals surface area contributed by atoms with Crippen LogP contribution in [0.25, 0.3) is 0 Å². The van der Waals surface area contributed by atoms with Gasteiger partial charge in [0.1, 0.15) is 5.82 Å². The molecule has 1 aromatic heterocycles. The van der Waals surface area contributed by atoms with Gasteiger partial charge in [-0.3, -0.25) is 4.79 Å². The minimum atomic E-state index is -0.316. The fraction of sp³-hybridized carbons (Fsp3) is 0.286. The third kappa shape index (κ3) is 4.44. The van der Waals surface area contributed by atoms with Gasteiger partial charge in [-0.05, 0) is 24.6 Å². The van der Waals surface area contributed by atoms with Gasteiger partial charge in [0.05, 0.1) is 17.1 Å². The summed E-state index contributed by atoms with van der Waals surface area (Å²) in [5, 5.41) is 5.83. The third-order valence-corrected chi connectivity index (χ3v) is 3.45. The van der Waals surface area contributed by atoms with E-state index < -0.39 is 0 Å². The number of carbonyl (C=O) groups excluding carboxylic acids is 1. The molecule has 0 saturated heterocycles. The Morgan fingerprint density at radius 3 is 3.00 bits per heavy atom. The van der Waals surface area contributed by atoms with Crippen LogP contribution >= 0.6 is 11.3 Å². The second-order valence-electron chi connectivity index (χ2n) is 4.26. The smallest absolute Gasteiger partial charge is 0.224 e. The Morgan fingerprint density at radius 1 is 1.47 bits per heavy atom. The van der Waals surface area contributed by atoms with Crippen LogP contribution in [-0.2, 0) is 17.6 Å². The number of nitrogens with one attached hydrogen (secondary N) is 1. The standard InChI is InChI=1S/C14H15FN2OS/c1-10-17-13(9-19-10)5-6-16-14(18)8-11-3-2-4-12(15)7-11/h2-4,7,9H,5-6,8H2,1H3,(H,16,18). The number of thiazole rings is 1. The van der Waals surface area contributed by atoms with E-state index in [-0.39, 0.29) is 18.1 Å². The molecule has 0 spiro atoms. The predicted octanol–water partition coefficient (Wildman–Crippen LogP) is 2.49. The number of carbonyl (C=O) groups is 1. The summed E-state index contributed by atoms with van der Waals surface area (Å²) in [6.45, 7) is 2.51. The van der Waals surface area contributed by atoms with Crippen molar-refractivity contribution in [2.75, 3.05) is 6.54 Å². The lowest BCUT2D eigenvalue weighted by molar-refractivity contribution is -0.120. The zero-order valence-electron chi connectivity index (χ0n) is 10.6. The molecule has 3 nitrogen and oxygen atoms in total. The maximum absolute atomic E-state index is 13.0. The van der Waals surface area contributed by atoms with Crippen molar-refractivity contribution in [3.63, 3.8) is 0 Å². The Labute approximate surface area is 115 Å². The molecule has 0 aliphatic heterocycles. The molecule has 2 aromatic rings. The van der Waals surface area contributed by atoms with Crippen LogP contribution in [0.2, 0.25) is 0 Å². The minimum Gasteiger partial charge on any atom is -0.355 e. The van der Waals surface area contributed by atoms with E-state index in [4.69, 9.17) is 0 Å². The molecular weight excluding hydrogens is 263 g/mol. The first kappa shape index (κ1) is 13.7. The summed E-state index contributed by atoms with van der Waals surface area (Å²) < 4.78 is 13.0. The maximum Gasteiger partial charge on any atom is 0.224 e. The molecule has 0 atom stereocenters. The molecule has 2 rings (SSSR count). The average Bonchev–Trinajstić information content (AvgIpc) is 2.75. The molecule has 5 heteroatoms. The van der Waals surface area contributed by atoms with Crippen LogP contribution in [0.3, 0.4) is 0 Å². The van der Waals surface area contributed by atoms with E-state index in [2.05, 4.69) is 10.3 Å². The second-order valence-corrected chi connectivity index (χ2v) is 5.33. The first-order valence-corrected chi connectivity index (χ1v) is 6.93. The number of aromatic nitrogens is 1. The third-order valence-electron chi connectivity index (χ3n) is 2.62. The van der Waals surface area contributed by atoms with Crippen molar-refractivity contribution in [1.82, 2.24) is 10.3 Å². The normalized spacial score (nSPS) is 10.4. The highest BCUT2D eigenvalue weighted by Crippen LogP contribution is 2.08. The number of amides is 1. The lowest BCUT2D eigenvalue weighted by Crippen LogP contribution is -2.27. The minimum absolute atomic E-state index is 0.0995. The van der Waals surface area contributed by atoms with Gasteiger partial charge in [0.15, 0.2) is 0 Å². The largest absolute Gasteiger partial charge is 0.355 e. The van der Waals surface area contributed by atoms with Gasteiger partial charge in [0, 0.05) is 18.3 Å². The molecule has 1 amide bonds. The SMILES string of the molecule is Cc1nc(CCNC(=O)Cc2cccc(F)c2)cs1. The van der Waals surface area contributed by atoms with E-state index in [0.717, 1.165) is 17.1 Å². The Kier molecular flexibility index (Phi) is 4.63. The number of rotatable bonds is 5. The van der Waals surface area contributed by atoms with Gasteiger partial charge in [0.25, 0.3) is 0 Å². The van der Waals surface area contributed by atoms with Crippen LogP contribution in [0.5, 0.6) is 0 Å². The highest BCUT2D eigenvalue weighted by molar-refractivity contribution is 7.09. The zero-order chi connectivity index (χ0) is 13.7. The van der Waals surface area contributed by atoms with Crippen LogP contribution in [0.1, 0.15) is 16.3 Å². The van der Waals surface area contributed by atoms with Gasteiger partial charge >= 0.3 is 0 Å². The fourth-order valence-corrected chi connectivity index (χ4v) is 2.39. The van der Waals surface area contributed by atoms with Gasteiger partial charge in [-0.2, -0.15) is 0 Å². The quantitative estimate of drug-likeness (QED) is 0.913. The lowest BCUT2D eigenvalue weighted by atomic mass is 10.1. The molecule has 19 heavy (non-hydrogen) atoms. The molecule has 0 saturated carbocycles. The zero-order valence-corrected chi connectivity index (χ0v) is 11.5. The monoisotopic (exact) mass is 278 g/mol. The molecule has 0 aliphatic rings. The molecule has 0 unspecified atom stereocenters. The topological polar surface area (TPSA) is 42.0 Å². The number of benzene rings is 1. The first-order chi connectivity index (χ1) is 9.13. The van der Waals surface area contributed by atoms with Crippen molar-refractivity contribution in [2.24, 2.45) is 0 Å². The number of aryl methyl sites for hydroxylation is 1. The second kappa shape index (κ2) is 6.43. The fourth-order valence-electron chi connectivity index (χ4n) is 1.75. The van der Waals surface area contributed by atoms with Crippen molar-refractivity contribution < 1.29 is 9.18 Å². The molecule has 1 heterocycles. The van der Waals surface area contributed by atoms with E-state index in [1.165, 1.54) is 12.1 Å². The summed E-state index contributed by atoms with van der Waals surface area (Å²) in [4.78, 5) is 16.0. The van der Waals surface area contributed by atoms with E-state index in [1.54, 1.807) is 23.5 Å². The number of hydrogen-bond acceptors (Lipinski definition) is 3. The van der Waals surface area contributed by atoms with Gasteiger partial charge in [-0.1, -0.05) is 12.1 Å². The van der Waals surface area contributed by atoms with E-state index in [1.807, 2.05) is 12.3 Å². The maximum atomic E-state index is 13.0. The number of hydrogen-bond donors (Lipinski definition) is 1. The van der Waals surface area contributed by atoms with Crippen LogP contribution in [-0.4, -0.2) is 17.4 Å². The van der Waals surface area contributed by atoms with E-state index >= 15 is 0 Å². The van der Waals surface area contributed by atoms with Gasteiger partial charge in [-0.15, -0.1) is 11.3 Å². The Morgan fingerprint density at radius 2 is 2.32 bits per heavy atom.